The molecule has 0 aliphatic carbocycles. The van der Waals surface area contributed by atoms with E-state index in [1.54, 1.807) is 25.4 Å². The lowest BCUT2D eigenvalue weighted by molar-refractivity contribution is -0.114. The molecule has 6 nitrogen and oxygen atoms in total. The lowest BCUT2D eigenvalue weighted by Gasteiger charge is -2.16. The van der Waals surface area contributed by atoms with Gasteiger partial charge in [-0.2, -0.15) is 0 Å². The van der Waals surface area contributed by atoms with E-state index in [-0.39, 0.29) is 10.8 Å². The van der Waals surface area contributed by atoms with Gasteiger partial charge in [-0.1, -0.05) is 0 Å². The minimum atomic E-state index is -3.54. The standard InChI is InChI=1S/C14H17N3O3S2/c1-11(18)16-12-3-5-13(6-4-12)22(19,20)17(2)9-7-14-15-8-10-21-14/h3-6,8,10H,7,9H2,1-2H3,(H,16,18). The SMILES string of the molecule is CC(=O)Nc1ccc(S(=O)(=O)N(C)CCc2nccs2)cc1. The van der Waals surface area contributed by atoms with Crippen molar-refractivity contribution < 1.29 is 13.2 Å². The first-order chi connectivity index (χ1) is 10.4. The maximum Gasteiger partial charge on any atom is 0.242 e. The average Bonchev–Trinajstić information content (AvgIpc) is 2.98. The van der Waals surface area contributed by atoms with Gasteiger partial charge in [0.05, 0.1) is 9.90 Å². The largest absolute Gasteiger partial charge is 0.326 e. The Morgan fingerprint density at radius 1 is 1.32 bits per heavy atom. The van der Waals surface area contributed by atoms with Crippen molar-refractivity contribution >= 4 is 33.0 Å². The van der Waals surface area contributed by atoms with Crippen molar-refractivity contribution in [2.24, 2.45) is 0 Å². The minimum Gasteiger partial charge on any atom is -0.326 e. The molecule has 0 aliphatic rings. The number of likely N-dealkylation sites (N-methyl/N-ethyl adjacent to an activating group) is 1. The molecular formula is C14H17N3O3S2. The number of nitrogens with zero attached hydrogens (tertiary/aromatic N) is 2. The molecule has 1 aromatic carbocycles. The number of nitrogens with one attached hydrogen (secondary N) is 1. The summed E-state index contributed by atoms with van der Waals surface area (Å²) in [4.78, 5) is 15.3. The Kier molecular flexibility index (Phi) is 5.28. The summed E-state index contributed by atoms with van der Waals surface area (Å²) in [6, 6.07) is 6.12. The molecule has 0 unspecified atom stereocenters. The number of benzene rings is 1. The van der Waals surface area contributed by atoms with E-state index in [0.29, 0.717) is 18.7 Å². The van der Waals surface area contributed by atoms with Crippen LogP contribution in [0.25, 0.3) is 0 Å². The third-order valence-corrected chi connectivity index (χ3v) is 5.72. The lowest BCUT2D eigenvalue weighted by Crippen LogP contribution is -2.29. The molecule has 1 amide bonds. The first-order valence-corrected chi connectivity index (χ1v) is 8.94. The van der Waals surface area contributed by atoms with Gasteiger partial charge in [-0.25, -0.2) is 17.7 Å². The number of sulfonamides is 1. The fourth-order valence-electron chi connectivity index (χ4n) is 1.84. The number of thiazole rings is 1. The van der Waals surface area contributed by atoms with Crippen molar-refractivity contribution in [3.8, 4) is 0 Å². The molecule has 118 valence electrons. The van der Waals surface area contributed by atoms with Crippen LogP contribution >= 0.6 is 11.3 Å². The number of hydrogen-bond acceptors (Lipinski definition) is 5. The highest BCUT2D eigenvalue weighted by Gasteiger charge is 2.20. The summed E-state index contributed by atoms with van der Waals surface area (Å²) >= 11 is 1.51. The number of aromatic nitrogens is 1. The molecule has 22 heavy (non-hydrogen) atoms. The smallest absolute Gasteiger partial charge is 0.242 e. The van der Waals surface area contributed by atoms with E-state index in [4.69, 9.17) is 0 Å². The van der Waals surface area contributed by atoms with Crippen LogP contribution in [0.15, 0.2) is 40.7 Å². The summed E-state index contributed by atoms with van der Waals surface area (Å²) in [6.45, 7) is 1.76. The quantitative estimate of drug-likeness (QED) is 0.872. The number of carbonyl (C=O) groups excluding carboxylic acids is 1. The van der Waals surface area contributed by atoms with Gasteiger partial charge >= 0.3 is 0 Å². The summed E-state index contributed by atoms with van der Waals surface area (Å²) in [5.41, 5.74) is 0.567. The maximum atomic E-state index is 12.4. The second-order valence-electron chi connectivity index (χ2n) is 4.71. The molecule has 0 spiro atoms. The molecular weight excluding hydrogens is 322 g/mol. The summed E-state index contributed by atoms with van der Waals surface area (Å²) in [7, 11) is -1.99. The second kappa shape index (κ2) is 6.99. The van der Waals surface area contributed by atoms with Gasteiger partial charge in [-0.05, 0) is 24.3 Å². The molecule has 0 saturated carbocycles. The van der Waals surface area contributed by atoms with Crippen molar-refractivity contribution in [2.75, 3.05) is 18.9 Å². The number of amides is 1. The average molecular weight is 339 g/mol. The lowest BCUT2D eigenvalue weighted by atomic mass is 10.3. The van der Waals surface area contributed by atoms with Crippen LogP contribution in [0.1, 0.15) is 11.9 Å². The topological polar surface area (TPSA) is 79.4 Å². The van der Waals surface area contributed by atoms with Crippen LogP contribution in [-0.2, 0) is 21.2 Å². The summed E-state index contributed by atoms with van der Waals surface area (Å²) < 4.78 is 26.2. The summed E-state index contributed by atoms with van der Waals surface area (Å²) in [5, 5.41) is 5.37. The third kappa shape index (κ3) is 4.12. The van der Waals surface area contributed by atoms with Gasteiger partial charge in [0.1, 0.15) is 0 Å². The van der Waals surface area contributed by atoms with Gasteiger partial charge in [0.25, 0.3) is 0 Å². The number of hydrogen-bond donors (Lipinski definition) is 1. The molecule has 0 atom stereocenters. The van der Waals surface area contributed by atoms with Crippen LogP contribution in [0.5, 0.6) is 0 Å². The zero-order valence-electron chi connectivity index (χ0n) is 12.3. The number of carbonyl (C=O) groups is 1. The molecule has 1 heterocycles. The van der Waals surface area contributed by atoms with E-state index in [2.05, 4.69) is 10.3 Å². The Morgan fingerprint density at radius 3 is 2.55 bits per heavy atom. The Labute approximate surface area is 133 Å². The Morgan fingerprint density at radius 2 is 2.00 bits per heavy atom. The highest BCUT2D eigenvalue weighted by Crippen LogP contribution is 2.18. The zero-order chi connectivity index (χ0) is 16.2. The molecule has 1 aromatic heterocycles. The number of anilines is 1. The van der Waals surface area contributed by atoms with Crippen molar-refractivity contribution in [3.05, 3.63) is 40.8 Å². The van der Waals surface area contributed by atoms with E-state index in [9.17, 15) is 13.2 Å². The summed E-state index contributed by atoms with van der Waals surface area (Å²) in [6.07, 6.45) is 2.28. The molecule has 0 radical (unpaired) electrons. The van der Waals surface area contributed by atoms with Crippen molar-refractivity contribution in [1.29, 1.82) is 0 Å². The molecule has 1 N–H and O–H groups in total. The Hall–Kier alpha value is -1.77. The van der Waals surface area contributed by atoms with E-state index < -0.39 is 10.0 Å². The van der Waals surface area contributed by atoms with Gasteiger partial charge in [0.15, 0.2) is 0 Å². The van der Waals surface area contributed by atoms with E-state index in [0.717, 1.165) is 5.01 Å². The molecule has 2 aromatic rings. The van der Waals surface area contributed by atoms with E-state index in [1.807, 2.05) is 5.38 Å². The summed E-state index contributed by atoms with van der Waals surface area (Å²) in [5.74, 6) is -0.198. The first kappa shape index (κ1) is 16.6. The molecule has 0 aliphatic heterocycles. The minimum absolute atomic E-state index is 0.197. The molecule has 0 saturated heterocycles. The molecule has 0 bridgehead atoms. The van der Waals surface area contributed by atoms with Crippen molar-refractivity contribution in [2.45, 2.75) is 18.2 Å². The highest BCUT2D eigenvalue weighted by atomic mass is 32.2. The van der Waals surface area contributed by atoms with Gasteiger partial charge in [-0.15, -0.1) is 11.3 Å². The molecule has 2 rings (SSSR count). The van der Waals surface area contributed by atoms with Crippen LogP contribution in [0.4, 0.5) is 5.69 Å². The number of rotatable bonds is 6. The van der Waals surface area contributed by atoms with Crippen molar-refractivity contribution in [3.63, 3.8) is 0 Å². The van der Waals surface area contributed by atoms with Crippen molar-refractivity contribution in [1.82, 2.24) is 9.29 Å². The zero-order valence-corrected chi connectivity index (χ0v) is 13.9. The van der Waals surface area contributed by atoms with Crippen LogP contribution in [0.3, 0.4) is 0 Å². The van der Waals surface area contributed by atoms with Crippen LogP contribution < -0.4 is 5.32 Å². The molecule has 8 heteroatoms. The first-order valence-electron chi connectivity index (χ1n) is 6.62. The highest BCUT2D eigenvalue weighted by molar-refractivity contribution is 7.89. The maximum absolute atomic E-state index is 12.4. The van der Waals surface area contributed by atoms with Gasteiger partial charge < -0.3 is 5.32 Å². The fraction of sp³-hybridized carbons (Fsp3) is 0.286. The predicted octanol–water partition coefficient (Wildman–Crippen LogP) is 1.96. The van der Waals surface area contributed by atoms with E-state index >= 15 is 0 Å². The van der Waals surface area contributed by atoms with Gasteiger partial charge in [0, 0.05) is 44.2 Å². The normalized spacial score (nSPS) is 11.6. The van der Waals surface area contributed by atoms with Crippen LogP contribution in [0.2, 0.25) is 0 Å². The van der Waals surface area contributed by atoms with Gasteiger partial charge in [0.2, 0.25) is 15.9 Å². The van der Waals surface area contributed by atoms with Crippen LogP contribution in [0, 0.1) is 0 Å². The second-order valence-corrected chi connectivity index (χ2v) is 7.73. The predicted molar refractivity (Wildman–Crippen MR) is 86.4 cm³/mol. The third-order valence-electron chi connectivity index (χ3n) is 3.01. The van der Waals surface area contributed by atoms with Gasteiger partial charge in [-0.3, -0.25) is 4.79 Å². The van der Waals surface area contributed by atoms with Crippen LogP contribution in [-0.4, -0.2) is 37.2 Å². The monoisotopic (exact) mass is 339 g/mol. The molecule has 0 fully saturated rings. The fourth-order valence-corrected chi connectivity index (χ4v) is 3.62. The Balaban J connectivity index is 2.06. The Bertz CT molecular complexity index is 725. The van der Waals surface area contributed by atoms with E-state index in [1.165, 1.54) is 34.7 Å².